The predicted molar refractivity (Wildman–Crippen MR) is 90.3 cm³/mol. The molecule has 1 N–H and O–H groups in total. The van der Waals surface area contributed by atoms with Gasteiger partial charge in [-0.3, -0.25) is 0 Å². The molecule has 2 atom stereocenters. The summed E-state index contributed by atoms with van der Waals surface area (Å²) in [4.78, 5) is 0. The first kappa shape index (κ1) is 17.5. The third kappa shape index (κ3) is 6.76. The molecule has 1 aromatic rings. The van der Waals surface area contributed by atoms with Gasteiger partial charge in [0.1, 0.15) is 0 Å². The van der Waals surface area contributed by atoms with Crippen molar-refractivity contribution in [1.82, 2.24) is 5.32 Å². The molecule has 0 saturated carbocycles. The molecule has 0 aliphatic carbocycles. The fraction of sp³-hybridized carbons (Fsp3) is 0.667. The molecule has 1 aromatic carbocycles. The number of benzene rings is 1. The lowest BCUT2D eigenvalue weighted by molar-refractivity contribution is 0.276. The van der Waals surface area contributed by atoms with Crippen molar-refractivity contribution in [3.8, 4) is 0 Å². The predicted octanol–water partition coefficient (Wildman–Crippen LogP) is 5.84. The van der Waals surface area contributed by atoms with Gasteiger partial charge >= 0.3 is 0 Å². The van der Waals surface area contributed by atoms with E-state index in [-0.39, 0.29) is 0 Å². The lowest BCUT2D eigenvalue weighted by Crippen LogP contribution is -2.25. The third-order valence-electron chi connectivity index (χ3n) is 3.49. The monoisotopic (exact) mass is 295 g/mol. The van der Waals surface area contributed by atoms with Gasteiger partial charge in [-0.15, -0.1) is 0 Å². The lowest BCUT2D eigenvalue weighted by atomic mass is 9.82. The van der Waals surface area contributed by atoms with E-state index < -0.39 is 0 Å². The minimum absolute atomic E-state index is 0.392. The summed E-state index contributed by atoms with van der Waals surface area (Å²) in [5.41, 5.74) is 1.70. The van der Waals surface area contributed by atoms with Gasteiger partial charge in [0, 0.05) is 11.1 Å². The van der Waals surface area contributed by atoms with Gasteiger partial charge in [-0.05, 0) is 54.8 Å². The fourth-order valence-corrected chi connectivity index (χ4v) is 3.11. The van der Waals surface area contributed by atoms with Crippen molar-refractivity contribution < 1.29 is 0 Å². The van der Waals surface area contributed by atoms with Crippen molar-refractivity contribution in [3.05, 3.63) is 34.9 Å². The Kier molecular flexibility index (Phi) is 7.05. The van der Waals surface area contributed by atoms with Gasteiger partial charge < -0.3 is 5.32 Å². The van der Waals surface area contributed by atoms with E-state index in [1.165, 1.54) is 12.0 Å². The minimum Gasteiger partial charge on any atom is -0.310 e. The zero-order valence-corrected chi connectivity index (χ0v) is 14.4. The molecule has 114 valence electrons. The molecule has 0 saturated heterocycles. The second kappa shape index (κ2) is 8.05. The summed E-state index contributed by atoms with van der Waals surface area (Å²) in [5, 5.41) is 4.50. The Balaban J connectivity index is 2.74. The molecule has 2 unspecified atom stereocenters. The molecule has 0 aliphatic heterocycles. The van der Waals surface area contributed by atoms with E-state index in [9.17, 15) is 0 Å². The van der Waals surface area contributed by atoms with Crippen LogP contribution < -0.4 is 5.32 Å². The third-order valence-corrected chi connectivity index (χ3v) is 3.73. The molecule has 0 bridgehead atoms. The highest BCUT2D eigenvalue weighted by Gasteiger charge is 2.20. The topological polar surface area (TPSA) is 12.0 Å². The van der Waals surface area contributed by atoms with Crippen molar-refractivity contribution in [3.63, 3.8) is 0 Å². The second-order valence-electron chi connectivity index (χ2n) is 7.17. The van der Waals surface area contributed by atoms with E-state index in [0.29, 0.717) is 17.4 Å². The summed E-state index contributed by atoms with van der Waals surface area (Å²) in [6, 6.07) is 8.68. The number of hydrogen-bond acceptors (Lipinski definition) is 1. The molecular weight excluding hydrogens is 266 g/mol. The van der Waals surface area contributed by atoms with Crippen molar-refractivity contribution in [2.24, 2.45) is 11.3 Å². The number of hydrogen-bond donors (Lipinski definition) is 1. The van der Waals surface area contributed by atoms with Crippen LogP contribution in [0.25, 0.3) is 0 Å². The summed E-state index contributed by atoms with van der Waals surface area (Å²) in [6.45, 7) is 12.6. The summed E-state index contributed by atoms with van der Waals surface area (Å²) in [5.74, 6) is 0.698. The smallest absolute Gasteiger partial charge is 0.0409 e. The number of nitrogens with one attached hydrogen (secondary N) is 1. The van der Waals surface area contributed by atoms with Crippen LogP contribution in [0, 0.1) is 11.3 Å². The highest BCUT2D eigenvalue weighted by Crippen LogP contribution is 2.31. The van der Waals surface area contributed by atoms with Crippen LogP contribution in [0.2, 0.25) is 5.02 Å². The van der Waals surface area contributed by atoms with Crippen molar-refractivity contribution >= 4 is 11.6 Å². The van der Waals surface area contributed by atoms with Crippen molar-refractivity contribution in [2.45, 2.75) is 59.9 Å². The van der Waals surface area contributed by atoms with Crippen LogP contribution in [0.3, 0.4) is 0 Å². The van der Waals surface area contributed by atoms with Crippen LogP contribution in [-0.2, 0) is 0 Å². The fourth-order valence-electron chi connectivity index (χ4n) is 2.91. The molecular formula is C18H30ClN. The summed E-state index contributed by atoms with van der Waals surface area (Å²) in [6.07, 6.45) is 3.57. The molecule has 0 fully saturated rings. The Hall–Kier alpha value is -0.530. The highest BCUT2D eigenvalue weighted by atomic mass is 35.5. The number of rotatable bonds is 7. The molecule has 1 nitrogen and oxygen atoms in total. The van der Waals surface area contributed by atoms with Gasteiger partial charge in [-0.1, -0.05) is 58.4 Å². The molecule has 0 spiro atoms. The molecule has 2 heteroatoms. The molecule has 0 aliphatic rings. The van der Waals surface area contributed by atoms with Gasteiger partial charge in [0.05, 0.1) is 0 Å². The van der Waals surface area contributed by atoms with Crippen LogP contribution in [0.15, 0.2) is 24.3 Å². The van der Waals surface area contributed by atoms with E-state index >= 15 is 0 Å². The van der Waals surface area contributed by atoms with E-state index in [1.54, 1.807) is 0 Å². The quantitative estimate of drug-likeness (QED) is 0.666. The maximum atomic E-state index is 6.14. The van der Waals surface area contributed by atoms with Crippen LogP contribution in [0.1, 0.15) is 65.5 Å². The van der Waals surface area contributed by atoms with E-state index in [0.717, 1.165) is 24.4 Å². The van der Waals surface area contributed by atoms with Gasteiger partial charge in [0.2, 0.25) is 0 Å². The first-order chi connectivity index (χ1) is 9.31. The minimum atomic E-state index is 0.392. The SMILES string of the molecule is CCCNC(CC(C)CC(C)(C)C)c1cccc(Cl)c1. The first-order valence-corrected chi connectivity index (χ1v) is 8.18. The molecule has 20 heavy (non-hydrogen) atoms. The van der Waals surface area contributed by atoms with Crippen molar-refractivity contribution in [2.75, 3.05) is 6.54 Å². The van der Waals surface area contributed by atoms with E-state index in [1.807, 2.05) is 12.1 Å². The molecule has 1 rings (SSSR count). The maximum Gasteiger partial charge on any atom is 0.0409 e. The van der Waals surface area contributed by atoms with Crippen LogP contribution in [-0.4, -0.2) is 6.54 Å². The lowest BCUT2D eigenvalue weighted by Gasteiger charge is -2.27. The Morgan fingerprint density at radius 2 is 1.95 bits per heavy atom. The Bertz CT molecular complexity index is 395. The average molecular weight is 296 g/mol. The highest BCUT2D eigenvalue weighted by molar-refractivity contribution is 6.30. The Morgan fingerprint density at radius 1 is 1.25 bits per heavy atom. The van der Waals surface area contributed by atoms with E-state index in [2.05, 4.69) is 52.1 Å². The molecule has 0 heterocycles. The number of halogens is 1. The largest absolute Gasteiger partial charge is 0.310 e. The molecule has 0 amide bonds. The molecule has 0 radical (unpaired) electrons. The zero-order valence-electron chi connectivity index (χ0n) is 13.7. The maximum absolute atomic E-state index is 6.14. The molecule has 0 aromatic heterocycles. The van der Waals surface area contributed by atoms with Crippen LogP contribution in [0.4, 0.5) is 0 Å². The van der Waals surface area contributed by atoms with Crippen LogP contribution >= 0.6 is 11.6 Å². The van der Waals surface area contributed by atoms with Crippen molar-refractivity contribution in [1.29, 1.82) is 0 Å². The Morgan fingerprint density at radius 3 is 2.50 bits per heavy atom. The second-order valence-corrected chi connectivity index (χ2v) is 7.60. The van der Waals surface area contributed by atoms with Crippen LogP contribution in [0.5, 0.6) is 0 Å². The summed E-state index contributed by atoms with van der Waals surface area (Å²) < 4.78 is 0. The van der Waals surface area contributed by atoms with Gasteiger partial charge in [-0.2, -0.15) is 0 Å². The first-order valence-electron chi connectivity index (χ1n) is 7.80. The average Bonchev–Trinajstić information content (AvgIpc) is 2.32. The van der Waals surface area contributed by atoms with Gasteiger partial charge in [0.25, 0.3) is 0 Å². The normalized spacial score (nSPS) is 15.1. The standard InChI is InChI=1S/C18H30ClN/c1-6-10-20-17(11-14(2)13-18(3,4)5)15-8-7-9-16(19)12-15/h7-9,12,14,17,20H,6,10-11,13H2,1-5H3. The summed E-state index contributed by atoms with van der Waals surface area (Å²) in [7, 11) is 0. The van der Waals surface area contributed by atoms with Gasteiger partial charge in [-0.25, -0.2) is 0 Å². The summed E-state index contributed by atoms with van der Waals surface area (Å²) >= 11 is 6.14. The zero-order chi connectivity index (χ0) is 15.2. The van der Waals surface area contributed by atoms with Gasteiger partial charge in [0.15, 0.2) is 0 Å². The Labute approximate surface area is 130 Å². The van der Waals surface area contributed by atoms with E-state index in [4.69, 9.17) is 11.6 Å².